The van der Waals surface area contributed by atoms with Gasteiger partial charge in [-0.25, -0.2) is 15.0 Å². The van der Waals surface area contributed by atoms with Crippen LogP contribution in [0.4, 0.5) is 10.8 Å². The molecule has 3 aromatic rings. The van der Waals surface area contributed by atoms with Crippen molar-refractivity contribution >= 4 is 22.2 Å². The van der Waals surface area contributed by atoms with Crippen molar-refractivity contribution in [2.24, 2.45) is 0 Å². The molecule has 0 amide bonds. The van der Waals surface area contributed by atoms with Crippen LogP contribution < -0.4 is 14.8 Å². The van der Waals surface area contributed by atoms with Gasteiger partial charge in [-0.3, -0.25) is 0 Å². The summed E-state index contributed by atoms with van der Waals surface area (Å²) in [5.41, 5.74) is 3.79. The summed E-state index contributed by atoms with van der Waals surface area (Å²) in [6.45, 7) is 5.08. The molecule has 0 saturated heterocycles. The molecular formula is C23H30N4O2S. The third-order valence-electron chi connectivity index (χ3n) is 4.81. The molecule has 0 bridgehead atoms. The number of ether oxygens (including phenoxy) is 2. The minimum atomic E-state index is 0.348. The van der Waals surface area contributed by atoms with E-state index in [-0.39, 0.29) is 0 Å². The van der Waals surface area contributed by atoms with Gasteiger partial charge >= 0.3 is 6.01 Å². The van der Waals surface area contributed by atoms with Crippen LogP contribution in [0.25, 0.3) is 11.3 Å². The average molecular weight is 427 g/mol. The Morgan fingerprint density at radius 2 is 1.80 bits per heavy atom. The van der Waals surface area contributed by atoms with Gasteiger partial charge in [-0.1, -0.05) is 45.1 Å². The molecule has 2 aromatic heterocycles. The van der Waals surface area contributed by atoms with E-state index in [0.29, 0.717) is 6.01 Å². The van der Waals surface area contributed by atoms with Crippen LogP contribution in [0.1, 0.15) is 51.0 Å². The van der Waals surface area contributed by atoms with Crippen molar-refractivity contribution in [1.82, 2.24) is 15.0 Å². The zero-order valence-corrected chi connectivity index (χ0v) is 18.8. The number of methoxy groups -OCH3 is 1. The number of nitrogens with zero attached hydrogens (tertiary/aromatic N) is 3. The molecule has 6 nitrogen and oxygen atoms in total. The van der Waals surface area contributed by atoms with Crippen molar-refractivity contribution in [3.63, 3.8) is 0 Å². The van der Waals surface area contributed by atoms with Crippen molar-refractivity contribution in [3.05, 3.63) is 41.5 Å². The van der Waals surface area contributed by atoms with Crippen LogP contribution in [0, 0.1) is 6.92 Å². The van der Waals surface area contributed by atoms with Crippen LogP contribution in [-0.2, 0) is 0 Å². The Morgan fingerprint density at radius 3 is 2.57 bits per heavy atom. The molecule has 3 rings (SSSR count). The molecule has 0 aliphatic carbocycles. The molecule has 1 N–H and O–H groups in total. The first-order chi connectivity index (χ1) is 14.7. The second-order valence-corrected chi connectivity index (χ2v) is 8.08. The lowest BCUT2D eigenvalue weighted by Crippen LogP contribution is -2.00. The van der Waals surface area contributed by atoms with E-state index >= 15 is 0 Å². The Hall–Kier alpha value is -2.67. The van der Waals surface area contributed by atoms with Gasteiger partial charge in [0, 0.05) is 35.1 Å². The number of aryl methyl sites for hydroxylation is 1. The Bertz CT molecular complexity index is 912. The molecule has 0 fully saturated rings. The normalized spacial score (nSPS) is 10.8. The maximum Gasteiger partial charge on any atom is 0.316 e. The van der Waals surface area contributed by atoms with Crippen molar-refractivity contribution in [3.8, 4) is 23.0 Å². The molecule has 1 aromatic carbocycles. The number of benzene rings is 1. The average Bonchev–Trinajstić information content (AvgIpc) is 3.23. The summed E-state index contributed by atoms with van der Waals surface area (Å²) >= 11 is 1.54. The third-order valence-corrected chi connectivity index (χ3v) is 5.56. The van der Waals surface area contributed by atoms with Gasteiger partial charge in [0.25, 0.3) is 0 Å². The lowest BCUT2D eigenvalue weighted by Gasteiger charge is -2.11. The molecule has 7 heteroatoms. The van der Waals surface area contributed by atoms with E-state index in [1.807, 2.05) is 17.5 Å². The summed E-state index contributed by atoms with van der Waals surface area (Å²) in [6.07, 6.45) is 11.0. The summed E-state index contributed by atoms with van der Waals surface area (Å²) < 4.78 is 11.0. The van der Waals surface area contributed by atoms with Crippen LogP contribution in [0.2, 0.25) is 0 Å². The molecule has 0 spiro atoms. The van der Waals surface area contributed by atoms with Crippen LogP contribution in [0.3, 0.4) is 0 Å². The number of anilines is 2. The SMILES string of the molecule is CCCCCCCCOc1cc(Nc2nc(-c3cnc(OC)nc3)cs2)ccc1C. The van der Waals surface area contributed by atoms with Crippen molar-refractivity contribution < 1.29 is 9.47 Å². The summed E-state index contributed by atoms with van der Waals surface area (Å²) in [5.74, 6) is 0.925. The zero-order valence-electron chi connectivity index (χ0n) is 18.0. The van der Waals surface area contributed by atoms with Crippen molar-refractivity contribution in [2.45, 2.75) is 52.4 Å². The van der Waals surface area contributed by atoms with Gasteiger partial charge < -0.3 is 14.8 Å². The van der Waals surface area contributed by atoms with Gasteiger partial charge in [0.15, 0.2) is 5.13 Å². The molecule has 0 aliphatic heterocycles. The Labute approximate surface area is 182 Å². The van der Waals surface area contributed by atoms with Crippen molar-refractivity contribution in [1.29, 1.82) is 0 Å². The summed E-state index contributed by atoms with van der Waals surface area (Å²) in [7, 11) is 1.55. The molecule has 0 radical (unpaired) electrons. The molecule has 2 heterocycles. The van der Waals surface area contributed by atoms with Gasteiger partial charge in [0.05, 0.1) is 19.4 Å². The molecule has 0 atom stereocenters. The van der Waals surface area contributed by atoms with E-state index in [4.69, 9.17) is 9.47 Å². The molecule has 0 unspecified atom stereocenters. The van der Waals surface area contributed by atoms with E-state index in [1.54, 1.807) is 30.8 Å². The van der Waals surface area contributed by atoms with Crippen LogP contribution in [0.15, 0.2) is 36.0 Å². The van der Waals surface area contributed by atoms with E-state index in [2.05, 4.69) is 40.2 Å². The Kier molecular flexibility index (Phi) is 8.44. The number of unbranched alkanes of at least 4 members (excludes halogenated alkanes) is 5. The van der Waals surface area contributed by atoms with E-state index in [9.17, 15) is 0 Å². The summed E-state index contributed by atoms with van der Waals surface area (Å²) in [4.78, 5) is 12.9. The maximum absolute atomic E-state index is 6.03. The number of rotatable bonds is 12. The highest BCUT2D eigenvalue weighted by molar-refractivity contribution is 7.14. The van der Waals surface area contributed by atoms with Crippen LogP contribution in [0.5, 0.6) is 11.8 Å². The predicted octanol–water partition coefficient (Wildman–Crippen LogP) is 6.40. The number of nitrogens with one attached hydrogen (secondary N) is 1. The largest absolute Gasteiger partial charge is 0.493 e. The number of thiazole rings is 1. The lowest BCUT2D eigenvalue weighted by molar-refractivity contribution is 0.302. The molecule has 0 saturated carbocycles. The second-order valence-electron chi connectivity index (χ2n) is 7.22. The van der Waals surface area contributed by atoms with Gasteiger partial charge in [0.1, 0.15) is 5.75 Å². The van der Waals surface area contributed by atoms with E-state index < -0.39 is 0 Å². The maximum atomic E-state index is 6.03. The minimum absolute atomic E-state index is 0.348. The summed E-state index contributed by atoms with van der Waals surface area (Å²) in [6, 6.07) is 6.51. The Morgan fingerprint density at radius 1 is 1.03 bits per heavy atom. The minimum Gasteiger partial charge on any atom is -0.493 e. The molecular weight excluding hydrogens is 396 g/mol. The highest BCUT2D eigenvalue weighted by Crippen LogP contribution is 2.29. The topological polar surface area (TPSA) is 69.2 Å². The number of aromatic nitrogens is 3. The summed E-state index contributed by atoms with van der Waals surface area (Å²) in [5, 5.41) is 6.17. The fourth-order valence-electron chi connectivity index (χ4n) is 3.04. The Balaban J connectivity index is 1.55. The first-order valence-corrected chi connectivity index (χ1v) is 11.4. The lowest BCUT2D eigenvalue weighted by atomic mass is 10.1. The molecule has 30 heavy (non-hydrogen) atoms. The molecule has 160 valence electrons. The second kappa shape index (κ2) is 11.5. The van der Waals surface area contributed by atoms with Crippen molar-refractivity contribution in [2.75, 3.05) is 19.0 Å². The van der Waals surface area contributed by atoms with E-state index in [1.165, 1.54) is 32.1 Å². The number of hydrogen-bond donors (Lipinski definition) is 1. The monoisotopic (exact) mass is 426 g/mol. The van der Waals surface area contributed by atoms with Crippen LogP contribution in [-0.4, -0.2) is 28.7 Å². The molecule has 0 aliphatic rings. The number of hydrogen-bond acceptors (Lipinski definition) is 7. The highest BCUT2D eigenvalue weighted by Gasteiger charge is 2.08. The first kappa shape index (κ1) is 22.0. The van der Waals surface area contributed by atoms with Crippen LogP contribution >= 0.6 is 11.3 Å². The standard InChI is InChI=1S/C23H30N4O2S/c1-4-5-6-7-8-9-12-29-21-13-19(11-10-17(21)2)26-23-27-20(16-30-23)18-14-24-22(28-3)25-15-18/h10-11,13-16H,4-9,12H2,1-3H3,(H,26,27). The van der Waals surface area contributed by atoms with Gasteiger partial charge in [0.2, 0.25) is 0 Å². The zero-order chi connectivity index (χ0) is 21.2. The van der Waals surface area contributed by atoms with E-state index in [0.717, 1.165) is 46.4 Å². The van der Waals surface area contributed by atoms with Gasteiger partial charge in [-0.15, -0.1) is 11.3 Å². The van der Waals surface area contributed by atoms with Gasteiger partial charge in [-0.2, -0.15) is 0 Å². The fraction of sp³-hybridized carbons (Fsp3) is 0.435. The quantitative estimate of drug-likeness (QED) is 0.338. The third kappa shape index (κ3) is 6.42. The first-order valence-electron chi connectivity index (χ1n) is 10.5. The smallest absolute Gasteiger partial charge is 0.316 e. The highest BCUT2D eigenvalue weighted by atomic mass is 32.1. The van der Waals surface area contributed by atoms with Gasteiger partial charge in [-0.05, 0) is 25.0 Å². The fourth-order valence-corrected chi connectivity index (χ4v) is 3.78. The predicted molar refractivity (Wildman–Crippen MR) is 123 cm³/mol.